The molecule has 49 heavy (non-hydrogen) atoms. The third kappa shape index (κ3) is 11.3. The Bertz CT molecular complexity index is 1490. The van der Waals surface area contributed by atoms with E-state index < -0.39 is 58.4 Å². The number of benzene rings is 1. The van der Waals surface area contributed by atoms with Crippen molar-refractivity contribution in [2.75, 3.05) is 0 Å². The van der Waals surface area contributed by atoms with Crippen molar-refractivity contribution in [3.05, 3.63) is 22.3 Å². The maximum atomic E-state index is 12.8. The molecule has 0 radical (unpaired) electrons. The van der Waals surface area contributed by atoms with E-state index in [1.54, 1.807) is 0 Å². The van der Waals surface area contributed by atoms with E-state index >= 15 is 0 Å². The van der Waals surface area contributed by atoms with Crippen LogP contribution < -0.4 is 9.47 Å². The molecule has 1 aromatic rings. The van der Waals surface area contributed by atoms with Crippen LogP contribution in [-0.4, -0.2) is 52.6 Å². The zero-order valence-electron chi connectivity index (χ0n) is 30.7. The van der Waals surface area contributed by atoms with Crippen LogP contribution in [-0.2, 0) is 40.6 Å². The summed E-state index contributed by atoms with van der Waals surface area (Å²) < 4.78 is 44.1. The van der Waals surface area contributed by atoms with E-state index in [1.807, 2.05) is 20.8 Å². The molecule has 3 rings (SSSR count). The Hall–Kier alpha value is -2.99. The SMILES string of the molecule is Cc1c(C)c2c(c(C)c1OC(=O)CCC(=O)ON1C(=O)CC(S(=O)(=O)O)C1=O)CC[C@@](C)(CCC[C@H](C)CCC[C@H](C)CCCC(C)C)O2. The first-order chi connectivity index (χ1) is 22.8. The number of esters is 1. The molecule has 11 nitrogen and oxygen atoms in total. The third-order valence-corrected chi connectivity index (χ3v) is 11.3. The van der Waals surface area contributed by atoms with E-state index in [1.165, 1.54) is 44.9 Å². The molecule has 276 valence electrons. The molecule has 2 amide bonds. The summed E-state index contributed by atoms with van der Waals surface area (Å²) in [4.78, 5) is 53.8. The lowest BCUT2D eigenvalue weighted by Crippen LogP contribution is -2.37. The summed E-state index contributed by atoms with van der Waals surface area (Å²) in [6.07, 6.45) is 11.0. The summed E-state index contributed by atoms with van der Waals surface area (Å²) >= 11 is 0. The molecule has 0 bridgehead atoms. The Labute approximate surface area is 292 Å². The van der Waals surface area contributed by atoms with Gasteiger partial charge < -0.3 is 14.3 Å². The van der Waals surface area contributed by atoms with E-state index in [2.05, 4.69) is 34.6 Å². The van der Waals surface area contributed by atoms with Gasteiger partial charge in [-0.3, -0.25) is 18.9 Å². The molecule has 12 heteroatoms. The average Bonchev–Trinajstić information content (AvgIpc) is 3.29. The summed E-state index contributed by atoms with van der Waals surface area (Å²) in [6.45, 7) is 17.2. The van der Waals surface area contributed by atoms with Crippen LogP contribution in [0, 0.1) is 38.5 Å². The summed E-state index contributed by atoms with van der Waals surface area (Å²) in [5.74, 6) is -0.737. The van der Waals surface area contributed by atoms with E-state index in [0.717, 1.165) is 65.5 Å². The fourth-order valence-electron chi connectivity index (χ4n) is 6.84. The van der Waals surface area contributed by atoms with E-state index in [9.17, 15) is 27.6 Å². The molecule has 2 aliphatic heterocycles. The second-order valence-electron chi connectivity index (χ2n) is 15.1. The largest absolute Gasteiger partial charge is 0.487 e. The molecule has 1 N–H and O–H groups in total. The Morgan fingerprint density at radius 3 is 2.04 bits per heavy atom. The number of hydroxylamine groups is 2. The molecule has 0 spiro atoms. The van der Waals surface area contributed by atoms with Crippen LogP contribution in [0.15, 0.2) is 0 Å². The number of ether oxygens (including phenoxy) is 2. The number of rotatable bonds is 18. The molecule has 0 saturated carbocycles. The van der Waals surface area contributed by atoms with Gasteiger partial charge in [-0.05, 0) is 87.8 Å². The van der Waals surface area contributed by atoms with Gasteiger partial charge in [-0.25, -0.2) is 4.79 Å². The van der Waals surface area contributed by atoms with Gasteiger partial charge in [0.05, 0.1) is 19.3 Å². The van der Waals surface area contributed by atoms with Gasteiger partial charge >= 0.3 is 11.9 Å². The monoisotopic (exact) mass is 707 g/mol. The minimum Gasteiger partial charge on any atom is -0.487 e. The highest BCUT2D eigenvalue weighted by Gasteiger charge is 2.48. The first kappa shape index (κ1) is 40.4. The Morgan fingerprint density at radius 2 is 1.47 bits per heavy atom. The minimum absolute atomic E-state index is 0.0134. The number of hydrogen-bond donors (Lipinski definition) is 1. The Kier molecular flexibility index (Phi) is 14.3. The second kappa shape index (κ2) is 17.3. The van der Waals surface area contributed by atoms with E-state index in [-0.39, 0.29) is 10.7 Å². The van der Waals surface area contributed by atoms with Crippen LogP contribution in [0.25, 0.3) is 0 Å². The second-order valence-corrected chi connectivity index (χ2v) is 16.7. The summed E-state index contributed by atoms with van der Waals surface area (Å²) in [6, 6.07) is 0. The molecule has 2 heterocycles. The van der Waals surface area contributed by atoms with Crippen molar-refractivity contribution < 1.29 is 46.5 Å². The van der Waals surface area contributed by atoms with Gasteiger partial charge in [0.1, 0.15) is 17.1 Å². The van der Waals surface area contributed by atoms with Crippen molar-refractivity contribution in [3.8, 4) is 11.5 Å². The highest BCUT2D eigenvalue weighted by atomic mass is 32.2. The number of hydrogen-bond acceptors (Lipinski definition) is 9. The maximum Gasteiger partial charge on any atom is 0.333 e. The molecule has 1 fully saturated rings. The molecule has 1 unspecified atom stereocenters. The van der Waals surface area contributed by atoms with Gasteiger partial charge in [-0.2, -0.15) is 8.42 Å². The predicted molar refractivity (Wildman–Crippen MR) is 185 cm³/mol. The van der Waals surface area contributed by atoms with Crippen LogP contribution in [0.1, 0.15) is 140 Å². The molecule has 0 aromatic heterocycles. The Balaban J connectivity index is 1.49. The number of amides is 2. The van der Waals surface area contributed by atoms with Gasteiger partial charge in [0.2, 0.25) is 0 Å². The number of nitrogens with zero attached hydrogens (tertiary/aromatic N) is 1. The van der Waals surface area contributed by atoms with Crippen molar-refractivity contribution in [3.63, 3.8) is 0 Å². The zero-order valence-corrected chi connectivity index (χ0v) is 31.5. The molecule has 1 saturated heterocycles. The molecule has 2 aliphatic rings. The van der Waals surface area contributed by atoms with Gasteiger partial charge in [0.25, 0.3) is 21.9 Å². The lowest BCUT2D eigenvalue weighted by molar-refractivity contribution is -0.197. The topological polar surface area (TPSA) is 154 Å². The van der Waals surface area contributed by atoms with E-state index in [4.69, 9.17) is 18.9 Å². The normalized spacial score (nSPS) is 20.6. The van der Waals surface area contributed by atoms with Gasteiger partial charge in [0, 0.05) is 5.56 Å². The zero-order chi connectivity index (χ0) is 36.7. The number of imide groups is 1. The van der Waals surface area contributed by atoms with Crippen LogP contribution in [0.2, 0.25) is 0 Å². The molecular weight excluding hydrogens is 650 g/mol. The molecular formula is C37H57NO10S. The number of carbonyl (C=O) groups is 4. The number of fused-ring (bicyclic) bond motifs is 1. The minimum atomic E-state index is -4.84. The fourth-order valence-corrected chi connectivity index (χ4v) is 7.54. The quantitative estimate of drug-likeness (QED) is 0.0712. The van der Waals surface area contributed by atoms with Gasteiger partial charge in [0.15, 0.2) is 5.25 Å². The Morgan fingerprint density at radius 1 is 0.898 bits per heavy atom. The molecule has 0 aliphatic carbocycles. The van der Waals surface area contributed by atoms with Crippen LogP contribution >= 0.6 is 0 Å². The lowest BCUT2D eigenvalue weighted by atomic mass is 9.83. The molecule has 4 atom stereocenters. The lowest BCUT2D eigenvalue weighted by Gasteiger charge is -2.38. The summed E-state index contributed by atoms with van der Waals surface area (Å²) in [5, 5.41) is -2.01. The van der Waals surface area contributed by atoms with Crippen molar-refractivity contribution in [1.29, 1.82) is 0 Å². The highest BCUT2D eigenvalue weighted by molar-refractivity contribution is 7.87. The first-order valence-electron chi connectivity index (χ1n) is 17.9. The standard InChI is InChI=1S/C37H57NO10S/c1-23(2)12-9-13-24(3)14-10-15-25(4)16-11-20-37(8)21-19-29-28(7)34(26(5)27(6)35(29)47-37)46-32(40)17-18-33(41)48-38-31(39)22-30(36(38)42)49(43,44)45/h23-25,30H,9-22H2,1-8H3,(H,43,44,45)/t24-,25-,30?,37-/m1/s1. The summed E-state index contributed by atoms with van der Waals surface area (Å²) in [5.41, 5.74) is 3.17. The summed E-state index contributed by atoms with van der Waals surface area (Å²) in [7, 11) is -4.84. The van der Waals surface area contributed by atoms with Gasteiger partial charge in [-0.15, -0.1) is 5.06 Å². The van der Waals surface area contributed by atoms with Crippen molar-refractivity contribution in [1.82, 2.24) is 5.06 Å². The first-order valence-corrected chi connectivity index (χ1v) is 19.4. The maximum absolute atomic E-state index is 12.8. The van der Waals surface area contributed by atoms with Crippen LogP contribution in [0.5, 0.6) is 11.5 Å². The van der Waals surface area contributed by atoms with Crippen molar-refractivity contribution in [2.45, 2.75) is 156 Å². The van der Waals surface area contributed by atoms with Crippen molar-refractivity contribution >= 4 is 33.9 Å². The third-order valence-electron chi connectivity index (χ3n) is 10.2. The van der Waals surface area contributed by atoms with Crippen LogP contribution in [0.4, 0.5) is 0 Å². The van der Waals surface area contributed by atoms with Crippen molar-refractivity contribution in [2.24, 2.45) is 17.8 Å². The van der Waals surface area contributed by atoms with Crippen LogP contribution in [0.3, 0.4) is 0 Å². The smallest absolute Gasteiger partial charge is 0.333 e. The van der Waals surface area contributed by atoms with E-state index in [0.29, 0.717) is 11.7 Å². The predicted octanol–water partition coefficient (Wildman–Crippen LogP) is 7.29. The average molecular weight is 708 g/mol. The fraction of sp³-hybridized carbons (Fsp3) is 0.730. The highest BCUT2D eigenvalue weighted by Crippen LogP contribution is 2.45. The van der Waals surface area contributed by atoms with Gasteiger partial charge in [-0.1, -0.05) is 72.6 Å². The molecule has 1 aromatic carbocycles. The number of carbonyl (C=O) groups excluding carboxylic acids is 4.